The first-order valence-corrected chi connectivity index (χ1v) is 10.3. The van der Waals surface area contributed by atoms with Crippen LogP contribution in [0.3, 0.4) is 0 Å². The number of para-hydroxylation sites is 1. The van der Waals surface area contributed by atoms with Gasteiger partial charge < -0.3 is 5.32 Å². The molecular weight excluding hydrogens is 356 g/mol. The zero-order chi connectivity index (χ0) is 19.2. The van der Waals surface area contributed by atoms with Gasteiger partial charge in [-0.05, 0) is 50.1 Å². The summed E-state index contributed by atoms with van der Waals surface area (Å²) in [5, 5.41) is 4.92. The maximum Gasteiger partial charge on any atom is 0.220 e. The minimum Gasteiger partial charge on any atom is -0.356 e. The number of nitrogens with one attached hydrogen (secondary N) is 1. The number of carbonyl (C=O) groups is 1. The smallest absolute Gasteiger partial charge is 0.220 e. The van der Waals surface area contributed by atoms with Crippen molar-refractivity contribution in [3.63, 3.8) is 0 Å². The number of nitrogens with zero attached hydrogens (tertiary/aromatic N) is 3. The SMILES string of the molecule is CSc1nc(C)c(CCC(=O)NCCc2cccc3cccnc23)c(C)n1. The van der Waals surface area contributed by atoms with Crippen molar-refractivity contribution >= 4 is 28.6 Å². The Morgan fingerprint density at radius 3 is 2.56 bits per heavy atom. The van der Waals surface area contributed by atoms with E-state index in [2.05, 4.69) is 38.5 Å². The number of pyridine rings is 1. The highest BCUT2D eigenvalue weighted by atomic mass is 32.2. The van der Waals surface area contributed by atoms with Crippen molar-refractivity contribution in [2.24, 2.45) is 0 Å². The first-order chi connectivity index (χ1) is 13.1. The fraction of sp³-hybridized carbons (Fsp3) is 0.333. The summed E-state index contributed by atoms with van der Waals surface area (Å²) in [4.78, 5) is 25.7. The molecule has 1 N–H and O–H groups in total. The van der Waals surface area contributed by atoms with E-state index >= 15 is 0 Å². The van der Waals surface area contributed by atoms with Crippen molar-refractivity contribution in [1.29, 1.82) is 0 Å². The molecule has 2 heterocycles. The van der Waals surface area contributed by atoms with Gasteiger partial charge in [-0.1, -0.05) is 36.0 Å². The third-order valence-electron chi connectivity index (χ3n) is 4.62. The Morgan fingerprint density at radius 1 is 1.07 bits per heavy atom. The van der Waals surface area contributed by atoms with Gasteiger partial charge in [-0.2, -0.15) is 0 Å². The average molecular weight is 381 g/mol. The number of amides is 1. The number of carbonyl (C=O) groups excluding carboxylic acids is 1. The second kappa shape index (κ2) is 8.95. The molecule has 0 radical (unpaired) electrons. The molecular formula is C21H24N4OS. The van der Waals surface area contributed by atoms with Gasteiger partial charge in [0.1, 0.15) is 0 Å². The Bertz CT molecular complexity index is 930. The Kier molecular flexibility index (Phi) is 6.40. The van der Waals surface area contributed by atoms with Crippen LogP contribution in [0.4, 0.5) is 0 Å². The van der Waals surface area contributed by atoms with Gasteiger partial charge in [-0.3, -0.25) is 9.78 Å². The predicted molar refractivity (Wildman–Crippen MR) is 110 cm³/mol. The molecule has 0 aliphatic carbocycles. The third-order valence-corrected chi connectivity index (χ3v) is 5.17. The largest absolute Gasteiger partial charge is 0.356 e. The van der Waals surface area contributed by atoms with Crippen molar-refractivity contribution in [1.82, 2.24) is 20.3 Å². The van der Waals surface area contributed by atoms with Crippen LogP contribution in [-0.2, 0) is 17.6 Å². The lowest BCUT2D eigenvalue weighted by Gasteiger charge is -2.10. The molecule has 0 atom stereocenters. The second-order valence-electron chi connectivity index (χ2n) is 6.45. The average Bonchev–Trinajstić information content (AvgIpc) is 2.67. The van der Waals surface area contributed by atoms with Crippen LogP contribution in [-0.4, -0.2) is 33.7 Å². The topological polar surface area (TPSA) is 67.8 Å². The fourth-order valence-corrected chi connectivity index (χ4v) is 3.65. The summed E-state index contributed by atoms with van der Waals surface area (Å²) >= 11 is 1.53. The Hall–Kier alpha value is -2.47. The van der Waals surface area contributed by atoms with Gasteiger partial charge in [0.15, 0.2) is 5.16 Å². The summed E-state index contributed by atoms with van der Waals surface area (Å²) in [7, 11) is 0. The van der Waals surface area contributed by atoms with Crippen molar-refractivity contribution in [3.8, 4) is 0 Å². The molecule has 0 spiro atoms. The van der Waals surface area contributed by atoms with E-state index in [1.54, 1.807) is 6.20 Å². The zero-order valence-corrected chi connectivity index (χ0v) is 16.8. The molecule has 0 saturated carbocycles. The molecule has 140 valence electrons. The number of benzene rings is 1. The number of thioether (sulfide) groups is 1. The lowest BCUT2D eigenvalue weighted by Crippen LogP contribution is -2.26. The molecule has 0 saturated heterocycles. The maximum atomic E-state index is 12.2. The molecule has 27 heavy (non-hydrogen) atoms. The highest BCUT2D eigenvalue weighted by molar-refractivity contribution is 7.98. The second-order valence-corrected chi connectivity index (χ2v) is 7.23. The highest BCUT2D eigenvalue weighted by Gasteiger charge is 2.10. The minimum absolute atomic E-state index is 0.0518. The maximum absolute atomic E-state index is 12.2. The quantitative estimate of drug-likeness (QED) is 0.500. The standard InChI is InChI=1S/C21H24N4OS/c1-14-18(15(2)25-21(24-14)27-3)9-10-19(26)22-13-11-17-7-4-6-16-8-5-12-23-20(16)17/h4-8,12H,9-11,13H2,1-3H3,(H,22,26). The summed E-state index contributed by atoms with van der Waals surface area (Å²) in [5.41, 5.74) is 5.15. The van der Waals surface area contributed by atoms with Crippen LogP contribution in [0.1, 0.15) is 28.9 Å². The molecule has 3 rings (SSSR count). The summed E-state index contributed by atoms with van der Waals surface area (Å²) in [6.07, 6.45) is 5.64. The van der Waals surface area contributed by atoms with Gasteiger partial charge in [0.05, 0.1) is 5.52 Å². The van der Waals surface area contributed by atoms with E-state index in [0.717, 1.165) is 45.0 Å². The number of hydrogen-bond acceptors (Lipinski definition) is 5. The molecule has 0 fully saturated rings. The van der Waals surface area contributed by atoms with Gasteiger partial charge in [0, 0.05) is 35.9 Å². The summed E-state index contributed by atoms with van der Waals surface area (Å²) in [5.74, 6) is 0.0518. The number of aryl methyl sites for hydroxylation is 2. The van der Waals surface area contributed by atoms with Crippen molar-refractivity contribution in [2.45, 2.75) is 38.3 Å². The molecule has 6 heteroatoms. The number of rotatable bonds is 7. The Labute approximate surface area is 164 Å². The molecule has 0 aliphatic rings. The van der Waals surface area contributed by atoms with Crippen LogP contribution in [0.25, 0.3) is 10.9 Å². The molecule has 5 nitrogen and oxygen atoms in total. The normalized spacial score (nSPS) is 10.9. The lowest BCUT2D eigenvalue weighted by molar-refractivity contribution is -0.121. The van der Waals surface area contributed by atoms with Crippen LogP contribution < -0.4 is 5.32 Å². The van der Waals surface area contributed by atoms with Gasteiger partial charge in [0.2, 0.25) is 5.91 Å². The van der Waals surface area contributed by atoms with E-state index < -0.39 is 0 Å². The molecule has 3 aromatic rings. The van der Waals surface area contributed by atoms with Crippen molar-refractivity contribution in [3.05, 3.63) is 59.0 Å². The van der Waals surface area contributed by atoms with Gasteiger partial charge in [-0.15, -0.1) is 0 Å². The van der Waals surface area contributed by atoms with Crippen molar-refractivity contribution in [2.75, 3.05) is 12.8 Å². The van der Waals surface area contributed by atoms with Crippen LogP contribution >= 0.6 is 11.8 Å². The first-order valence-electron chi connectivity index (χ1n) is 9.06. The van der Waals surface area contributed by atoms with E-state index in [9.17, 15) is 4.79 Å². The number of fused-ring (bicyclic) bond motifs is 1. The van der Waals surface area contributed by atoms with Crippen LogP contribution in [0, 0.1) is 13.8 Å². The van der Waals surface area contributed by atoms with E-state index in [1.165, 1.54) is 11.8 Å². The van der Waals surface area contributed by atoms with E-state index in [4.69, 9.17) is 0 Å². The molecule has 0 bridgehead atoms. The Balaban J connectivity index is 1.53. The summed E-state index contributed by atoms with van der Waals surface area (Å²) < 4.78 is 0. The van der Waals surface area contributed by atoms with E-state index in [1.807, 2.05) is 32.2 Å². The van der Waals surface area contributed by atoms with Crippen LogP contribution in [0.15, 0.2) is 41.7 Å². The first kappa shape index (κ1) is 19.3. The number of aromatic nitrogens is 3. The van der Waals surface area contributed by atoms with Crippen LogP contribution in [0.2, 0.25) is 0 Å². The molecule has 0 aliphatic heterocycles. The van der Waals surface area contributed by atoms with E-state index in [0.29, 0.717) is 19.4 Å². The summed E-state index contributed by atoms with van der Waals surface area (Å²) in [6.45, 7) is 4.57. The molecule has 0 unspecified atom stereocenters. The summed E-state index contributed by atoms with van der Waals surface area (Å²) in [6, 6.07) is 10.1. The van der Waals surface area contributed by atoms with Crippen molar-refractivity contribution < 1.29 is 4.79 Å². The predicted octanol–water partition coefficient (Wildman–Crippen LogP) is 3.66. The highest BCUT2D eigenvalue weighted by Crippen LogP contribution is 2.18. The monoisotopic (exact) mass is 380 g/mol. The fourth-order valence-electron chi connectivity index (χ4n) is 3.19. The molecule has 1 amide bonds. The molecule has 1 aromatic carbocycles. The van der Waals surface area contributed by atoms with Gasteiger partial charge >= 0.3 is 0 Å². The Morgan fingerprint density at radius 2 is 1.81 bits per heavy atom. The van der Waals surface area contributed by atoms with E-state index in [-0.39, 0.29) is 5.91 Å². The number of hydrogen-bond donors (Lipinski definition) is 1. The van der Waals surface area contributed by atoms with Crippen LogP contribution in [0.5, 0.6) is 0 Å². The zero-order valence-electron chi connectivity index (χ0n) is 16.0. The molecule has 2 aromatic heterocycles. The van der Waals surface area contributed by atoms with Gasteiger partial charge in [-0.25, -0.2) is 9.97 Å². The third kappa shape index (κ3) is 4.83. The lowest BCUT2D eigenvalue weighted by atomic mass is 10.1. The minimum atomic E-state index is 0.0518. The van der Waals surface area contributed by atoms with Gasteiger partial charge in [0.25, 0.3) is 0 Å².